The van der Waals surface area contributed by atoms with Gasteiger partial charge < -0.3 is 9.47 Å². The molecule has 0 heterocycles. The van der Waals surface area contributed by atoms with Crippen molar-refractivity contribution in [3.8, 4) is 17.9 Å². The molecule has 1 aromatic rings. The molecule has 0 unspecified atom stereocenters. The normalized spacial score (nSPS) is 10.9. The standard InChI is InChI=1S/C16H14F3N3O3/c1-15(2,3)25-14(23)22-13-5-4-12(24-16(17,18)19)7-11(13)6-10(8-20)9-21/h4-7H,1-3H3,(H,22,23). The van der Waals surface area contributed by atoms with E-state index in [2.05, 4.69) is 10.1 Å². The van der Waals surface area contributed by atoms with Gasteiger partial charge in [-0.05, 0) is 45.0 Å². The van der Waals surface area contributed by atoms with Gasteiger partial charge in [0, 0.05) is 5.56 Å². The topological polar surface area (TPSA) is 95.1 Å². The number of nitrogens with zero attached hydrogens (tertiary/aromatic N) is 2. The van der Waals surface area contributed by atoms with E-state index in [9.17, 15) is 18.0 Å². The lowest BCUT2D eigenvalue weighted by Crippen LogP contribution is -2.27. The van der Waals surface area contributed by atoms with Crippen LogP contribution >= 0.6 is 0 Å². The summed E-state index contributed by atoms with van der Waals surface area (Å²) < 4.78 is 45.8. The molecule has 1 amide bonds. The van der Waals surface area contributed by atoms with E-state index in [1.165, 1.54) is 0 Å². The van der Waals surface area contributed by atoms with E-state index in [1.54, 1.807) is 32.9 Å². The molecular formula is C16H14F3N3O3. The van der Waals surface area contributed by atoms with Gasteiger partial charge in [-0.2, -0.15) is 10.5 Å². The quantitative estimate of drug-likeness (QED) is 0.815. The zero-order chi connectivity index (χ0) is 19.3. The van der Waals surface area contributed by atoms with Crippen LogP contribution < -0.4 is 10.1 Å². The SMILES string of the molecule is CC(C)(C)OC(=O)Nc1ccc(OC(F)(F)F)cc1C=C(C#N)C#N. The summed E-state index contributed by atoms with van der Waals surface area (Å²) in [5.74, 6) is -0.566. The van der Waals surface area contributed by atoms with Crippen LogP contribution in [-0.4, -0.2) is 18.1 Å². The number of halogens is 3. The molecule has 0 spiro atoms. The van der Waals surface area contributed by atoms with Gasteiger partial charge in [0.2, 0.25) is 0 Å². The first kappa shape index (κ1) is 19.8. The molecule has 1 aromatic carbocycles. The third-order valence-electron chi connectivity index (χ3n) is 2.43. The molecular weight excluding hydrogens is 339 g/mol. The van der Waals surface area contributed by atoms with Crippen molar-refractivity contribution in [2.24, 2.45) is 0 Å². The van der Waals surface area contributed by atoms with Crippen molar-refractivity contribution in [2.75, 3.05) is 5.32 Å². The fourth-order valence-corrected chi connectivity index (χ4v) is 1.63. The fourth-order valence-electron chi connectivity index (χ4n) is 1.63. The molecule has 132 valence electrons. The minimum Gasteiger partial charge on any atom is -0.444 e. The van der Waals surface area contributed by atoms with Crippen molar-refractivity contribution < 1.29 is 27.4 Å². The van der Waals surface area contributed by atoms with Crippen molar-refractivity contribution >= 4 is 17.9 Å². The molecule has 0 aromatic heterocycles. The van der Waals surface area contributed by atoms with Crippen molar-refractivity contribution in [1.29, 1.82) is 10.5 Å². The second-order valence-electron chi connectivity index (χ2n) is 5.71. The summed E-state index contributed by atoms with van der Waals surface area (Å²) >= 11 is 0. The van der Waals surface area contributed by atoms with Crippen LogP contribution in [0.4, 0.5) is 23.7 Å². The number of allylic oxidation sites excluding steroid dienone is 1. The molecule has 0 aliphatic heterocycles. The van der Waals surface area contributed by atoms with Crippen LogP contribution in [0, 0.1) is 22.7 Å². The molecule has 1 rings (SSSR count). The van der Waals surface area contributed by atoms with E-state index >= 15 is 0 Å². The molecule has 0 saturated heterocycles. The van der Waals surface area contributed by atoms with Crippen molar-refractivity contribution in [2.45, 2.75) is 32.7 Å². The Kier molecular flexibility index (Phi) is 6.02. The molecule has 6 nitrogen and oxygen atoms in total. The van der Waals surface area contributed by atoms with Crippen LogP contribution in [0.3, 0.4) is 0 Å². The van der Waals surface area contributed by atoms with Gasteiger partial charge in [0.15, 0.2) is 0 Å². The summed E-state index contributed by atoms with van der Waals surface area (Å²) in [5, 5.41) is 20.0. The number of nitriles is 2. The highest BCUT2D eigenvalue weighted by molar-refractivity contribution is 5.89. The zero-order valence-corrected chi connectivity index (χ0v) is 13.6. The smallest absolute Gasteiger partial charge is 0.444 e. The maximum atomic E-state index is 12.3. The molecule has 9 heteroatoms. The number of ether oxygens (including phenoxy) is 2. The van der Waals surface area contributed by atoms with Crippen LogP contribution in [0.5, 0.6) is 5.75 Å². The lowest BCUT2D eigenvalue weighted by Gasteiger charge is -2.20. The number of benzene rings is 1. The van der Waals surface area contributed by atoms with Gasteiger partial charge >= 0.3 is 12.5 Å². The third kappa shape index (κ3) is 7.27. The minimum atomic E-state index is -4.91. The number of carbonyl (C=O) groups excluding carboxylic acids is 1. The van der Waals surface area contributed by atoms with Crippen molar-refractivity contribution in [3.05, 3.63) is 29.3 Å². The first-order chi connectivity index (χ1) is 11.4. The Morgan fingerprint density at radius 2 is 1.80 bits per heavy atom. The van der Waals surface area contributed by atoms with E-state index in [1.807, 2.05) is 0 Å². The van der Waals surface area contributed by atoms with Crippen LogP contribution in [0.15, 0.2) is 23.8 Å². The number of rotatable bonds is 3. The third-order valence-corrected chi connectivity index (χ3v) is 2.43. The Balaban J connectivity index is 3.24. The molecule has 25 heavy (non-hydrogen) atoms. The number of nitrogens with one attached hydrogen (secondary N) is 1. The largest absolute Gasteiger partial charge is 0.573 e. The second-order valence-corrected chi connectivity index (χ2v) is 5.71. The molecule has 0 bridgehead atoms. The average molecular weight is 353 g/mol. The Morgan fingerprint density at radius 3 is 2.28 bits per heavy atom. The monoisotopic (exact) mass is 353 g/mol. The number of alkyl halides is 3. The van der Waals surface area contributed by atoms with Crippen LogP contribution in [0.25, 0.3) is 6.08 Å². The first-order valence-corrected chi connectivity index (χ1v) is 6.85. The van der Waals surface area contributed by atoms with Crippen LogP contribution in [0.1, 0.15) is 26.3 Å². The Hall–Kier alpha value is -3.20. The summed E-state index contributed by atoms with van der Waals surface area (Å²) in [5.41, 5.74) is -1.13. The number of amides is 1. The van der Waals surface area contributed by atoms with Crippen molar-refractivity contribution in [3.63, 3.8) is 0 Å². The van der Waals surface area contributed by atoms with E-state index in [0.717, 1.165) is 24.3 Å². The number of hydrogen-bond acceptors (Lipinski definition) is 5. The molecule has 0 fully saturated rings. The van der Waals surface area contributed by atoms with E-state index in [4.69, 9.17) is 15.3 Å². The lowest BCUT2D eigenvalue weighted by atomic mass is 10.1. The number of hydrogen-bond donors (Lipinski definition) is 1. The highest BCUT2D eigenvalue weighted by Crippen LogP contribution is 2.29. The highest BCUT2D eigenvalue weighted by atomic mass is 19.4. The summed E-state index contributed by atoms with van der Waals surface area (Å²) in [7, 11) is 0. The predicted octanol–water partition coefficient (Wildman–Crippen LogP) is 4.36. The van der Waals surface area contributed by atoms with Gasteiger partial charge in [-0.1, -0.05) is 0 Å². The van der Waals surface area contributed by atoms with Crippen LogP contribution in [-0.2, 0) is 4.74 Å². The summed E-state index contributed by atoms with van der Waals surface area (Å²) in [6, 6.07) is 6.22. The van der Waals surface area contributed by atoms with Gasteiger partial charge in [0.1, 0.15) is 29.1 Å². The summed E-state index contributed by atoms with van der Waals surface area (Å²) in [4.78, 5) is 11.8. The number of carbonyl (C=O) groups is 1. The molecule has 0 aliphatic rings. The van der Waals surface area contributed by atoms with Crippen LogP contribution in [0.2, 0.25) is 0 Å². The van der Waals surface area contributed by atoms with Gasteiger partial charge in [0.05, 0.1) is 5.69 Å². The Labute approximate surface area is 142 Å². The second kappa shape index (κ2) is 7.58. The van der Waals surface area contributed by atoms with E-state index < -0.39 is 23.8 Å². The van der Waals surface area contributed by atoms with Gasteiger partial charge in [-0.25, -0.2) is 4.79 Å². The Morgan fingerprint density at radius 1 is 1.20 bits per heavy atom. The minimum absolute atomic E-state index is 0.0225. The highest BCUT2D eigenvalue weighted by Gasteiger charge is 2.31. The van der Waals surface area contributed by atoms with Crippen molar-refractivity contribution in [1.82, 2.24) is 0 Å². The molecule has 0 aliphatic carbocycles. The van der Waals surface area contributed by atoms with Gasteiger partial charge in [-0.3, -0.25) is 5.32 Å². The zero-order valence-electron chi connectivity index (χ0n) is 13.6. The first-order valence-electron chi connectivity index (χ1n) is 6.85. The van der Waals surface area contributed by atoms with Gasteiger partial charge in [0.25, 0.3) is 0 Å². The van der Waals surface area contributed by atoms with E-state index in [0.29, 0.717) is 0 Å². The Bertz CT molecular complexity index is 750. The molecule has 1 N–H and O–H groups in total. The molecule has 0 radical (unpaired) electrons. The van der Waals surface area contributed by atoms with Gasteiger partial charge in [-0.15, -0.1) is 13.2 Å². The molecule has 0 atom stereocenters. The molecule has 0 saturated carbocycles. The van der Waals surface area contributed by atoms with E-state index in [-0.39, 0.29) is 16.8 Å². The number of anilines is 1. The average Bonchev–Trinajstić information content (AvgIpc) is 2.43. The summed E-state index contributed by atoms with van der Waals surface area (Å²) in [6.07, 6.45) is -4.73. The fraction of sp³-hybridized carbons (Fsp3) is 0.312. The maximum absolute atomic E-state index is 12.3. The lowest BCUT2D eigenvalue weighted by molar-refractivity contribution is -0.274. The maximum Gasteiger partial charge on any atom is 0.573 e. The predicted molar refractivity (Wildman–Crippen MR) is 82.2 cm³/mol. The summed E-state index contributed by atoms with van der Waals surface area (Å²) in [6.45, 7) is 4.91.